The van der Waals surface area contributed by atoms with Gasteiger partial charge in [0, 0.05) is 5.56 Å². The van der Waals surface area contributed by atoms with E-state index in [1.165, 1.54) is 18.9 Å². The Kier molecular flexibility index (Phi) is 6.33. The van der Waals surface area contributed by atoms with Crippen molar-refractivity contribution in [2.45, 2.75) is 0 Å². The summed E-state index contributed by atoms with van der Waals surface area (Å²) in [5.41, 5.74) is 1.13. The Morgan fingerprint density at radius 2 is 1.57 bits per heavy atom. The summed E-state index contributed by atoms with van der Waals surface area (Å²) in [6.07, 6.45) is 0. The molecule has 0 atom stereocenters. The molecule has 0 N–H and O–H groups in total. The van der Waals surface area contributed by atoms with Gasteiger partial charge in [0.2, 0.25) is 0 Å². The van der Waals surface area contributed by atoms with Gasteiger partial charge < -0.3 is 9.47 Å². The Labute approximate surface area is 187 Å². The molecule has 6 nitrogen and oxygen atoms in total. The second-order valence-electron chi connectivity index (χ2n) is 5.56. The smallest absolute Gasteiger partial charge is 0.357 e. The lowest BCUT2D eigenvalue weighted by Gasteiger charge is -2.07. The van der Waals surface area contributed by atoms with Gasteiger partial charge in [0.25, 0.3) is 0 Å². The van der Waals surface area contributed by atoms with Crippen LogP contribution >= 0.6 is 45.2 Å². The van der Waals surface area contributed by atoms with Gasteiger partial charge in [-0.2, -0.15) is 5.10 Å². The van der Waals surface area contributed by atoms with Crippen LogP contribution in [0.5, 0.6) is 0 Å². The van der Waals surface area contributed by atoms with Crippen molar-refractivity contribution in [2.24, 2.45) is 0 Å². The van der Waals surface area contributed by atoms with Crippen molar-refractivity contribution in [2.75, 3.05) is 14.2 Å². The van der Waals surface area contributed by atoms with E-state index in [0.717, 1.165) is 0 Å². The van der Waals surface area contributed by atoms with Crippen LogP contribution in [0, 0.1) is 13.0 Å². The molecule has 3 rings (SSSR count). The topological polar surface area (TPSA) is 70.4 Å². The number of hydrogen-bond acceptors (Lipinski definition) is 5. The molecule has 0 aliphatic rings. The lowest BCUT2D eigenvalue weighted by molar-refractivity contribution is 0.0549. The molecule has 0 fully saturated rings. The summed E-state index contributed by atoms with van der Waals surface area (Å²) in [6.45, 7) is 0. The largest absolute Gasteiger partial charge is 0.465 e. The van der Waals surface area contributed by atoms with E-state index in [-0.39, 0.29) is 22.8 Å². The van der Waals surface area contributed by atoms with Crippen LogP contribution in [0.3, 0.4) is 0 Å². The molecule has 0 saturated carbocycles. The summed E-state index contributed by atoms with van der Waals surface area (Å²) in [7, 11) is 2.43. The average molecular weight is 606 g/mol. The van der Waals surface area contributed by atoms with Crippen LogP contribution in [-0.2, 0) is 9.47 Å². The monoisotopic (exact) mass is 606 g/mol. The molecule has 144 valence electrons. The Morgan fingerprint density at radius 1 is 1.00 bits per heavy atom. The van der Waals surface area contributed by atoms with Crippen LogP contribution in [0.25, 0.3) is 16.9 Å². The SMILES string of the molecule is COC(=O)c1c(-c2cc(I)c(F)c(I)c2)nn(-c2ccccc2)c1C(=O)OC. The van der Waals surface area contributed by atoms with Crippen LogP contribution in [-0.4, -0.2) is 35.9 Å². The minimum atomic E-state index is -0.744. The highest BCUT2D eigenvalue weighted by molar-refractivity contribution is 14.1. The minimum absolute atomic E-state index is 0.0450. The molecule has 9 heteroatoms. The fraction of sp³-hybridized carbons (Fsp3) is 0.105. The molecule has 0 amide bonds. The molecular weight excluding hydrogens is 593 g/mol. The zero-order valence-corrected chi connectivity index (χ0v) is 19.0. The molecule has 0 radical (unpaired) electrons. The predicted molar refractivity (Wildman–Crippen MR) is 117 cm³/mol. The first-order valence-electron chi connectivity index (χ1n) is 7.89. The number of rotatable bonds is 4. The van der Waals surface area contributed by atoms with Crippen molar-refractivity contribution in [3.63, 3.8) is 0 Å². The van der Waals surface area contributed by atoms with Crippen LogP contribution < -0.4 is 0 Å². The zero-order valence-electron chi connectivity index (χ0n) is 14.7. The highest BCUT2D eigenvalue weighted by Gasteiger charge is 2.31. The highest BCUT2D eigenvalue weighted by Crippen LogP contribution is 2.32. The second-order valence-corrected chi connectivity index (χ2v) is 7.88. The van der Waals surface area contributed by atoms with Crippen LogP contribution in [0.15, 0.2) is 42.5 Å². The highest BCUT2D eigenvalue weighted by atomic mass is 127. The molecule has 0 bridgehead atoms. The van der Waals surface area contributed by atoms with E-state index in [9.17, 15) is 14.0 Å². The number of carbonyl (C=O) groups is 2. The van der Waals surface area contributed by atoms with Gasteiger partial charge in [0.05, 0.1) is 27.0 Å². The number of esters is 2. The molecule has 2 aromatic carbocycles. The maximum Gasteiger partial charge on any atom is 0.357 e. The first-order valence-corrected chi connectivity index (χ1v) is 10.0. The van der Waals surface area contributed by atoms with Gasteiger partial charge in [-0.25, -0.2) is 18.7 Å². The van der Waals surface area contributed by atoms with Gasteiger partial charge in [0.15, 0.2) is 5.69 Å². The summed E-state index contributed by atoms with van der Waals surface area (Å²) >= 11 is 3.73. The molecule has 1 aromatic heterocycles. The van der Waals surface area contributed by atoms with E-state index in [4.69, 9.17) is 9.47 Å². The number of ether oxygens (including phenoxy) is 2. The van der Waals surface area contributed by atoms with Crippen molar-refractivity contribution >= 4 is 57.1 Å². The summed E-state index contributed by atoms with van der Waals surface area (Å²) in [6, 6.07) is 12.0. The number of para-hydroxylation sites is 1. The van der Waals surface area contributed by atoms with Crippen molar-refractivity contribution in [3.05, 3.63) is 66.7 Å². The van der Waals surface area contributed by atoms with E-state index in [0.29, 0.717) is 18.4 Å². The number of nitrogens with zero attached hydrogens (tertiary/aromatic N) is 2. The number of methoxy groups -OCH3 is 2. The third-order valence-corrected chi connectivity index (χ3v) is 5.48. The van der Waals surface area contributed by atoms with Gasteiger partial charge in [-0.1, -0.05) is 18.2 Å². The molecule has 3 aromatic rings. The first kappa shape index (κ1) is 20.7. The number of hydrogen-bond donors (Lipinski definition) is 0. The van der Waals surface area contributed by atoms with Crippen molar-refractivity contribution < 1.29 is 23.5 Å². The molecule has 0 unspecified atom stereocenters. The lowest BCUT2D eigenvalue weighted by Crippen LogP contribution is -2.15. The summed E-state index contributed by atoms with van der Waals surface area (Å²) < 4.78 is 25.9. The fourth-order valence-corrected chi connectivity index (χ4v) is 4.42. The second kappa shape index (κ2) is 8.55. The Hall–Kier alpha value is -2.02. The standard InChI is InChI=1S/C19H13FI2N2O4/c1-27-18(25)14-16(10-8-12(21)15(20)13(22)9-10)23-24(17(14)19(26)28-2)11-6-4-3-5-7-11/h3-9H,1-2H3. The Balaban J connectivity index is 2.38. The number of halogens is 3. The Morgan fingerprint density at radius 3 is 2.11 bits per heavy atom. The van der Waals surface area contributed by atoms with Gasteiger partial charge in [-0.3, -0.25) is 0 Å². The third kappa shape index (κ3) is 3.77. The van der Waals surface area contributed by atoms with Crippen molar-refractivity contribution in [1.29, 1.82) is 0 Å². The van der Waals surface area contributed by atoms with Crippen molar-refractivity contribution in [1.82, 2.24) is 9.78 Å². The van der Waals surface area contributed by atoms with E-state index in [1.54, 1.807) is 36.4 Å². The molecule has 0 aliphatic heterocycles. The number of carbonyl (C=O) groups excluding carboxylic acids is 2. The van der Waals surface area contributed by atoms with Crippen LogP contribution in [0.4, 0.5) is 4.39 Å². The average Bonchev–Trinajstić information content (AvgIpc) is 3.11. The number of aromatic nitrogens is 2. The normalized spacial score (nSPS) is 10.6. The molecular formula is C19H13FI2N2O4. The maximum absolute atomic E-state index is 14.1. The first-order chi connectivity index (χ1) is 13.4. The fourth-order valence-electron chi connectivity index (χ4n) is 2.65. The quantitative estimate of drug-likeness (QED) is 0.250. The lowest BCUT2D eigenvalue weighted by atomic mass is 10.1. The Bertz CT molecular complexity index is 1040. The maximum atomic E-state index is 14.1. The van der Waals surface area contributed by atoms with E-state index in [2.05, 4.69) is 5.10 Å². The molecule has 0 saturated heterocycles. The summed E-state index contributed by atoms with van der Waals surface area (Å²) in [4.78, 5) is 25.1. The van der Waals surface area contributed by atoms with Gasteiger partial charge >= 0.3 is 11.9 Å². The van der Waals surface area contributed by atoms with Crippen LogP contribution in [0.2, 0.25) is 0 Å². The van der Waals surface area contributed by atoms with Gasteiger partial charge in [0.1, 0.15) is 17.1 Å². The minimum Gasteiger partial charge on any atom is -0.465 e. The molecule has 0 aliphatic carbocycles. The molecule has 28 heavy (non-hydrogen) atoms. The zero-order chi connectivity index (χ0) is 20.4. The molecule has 1 heterocycles. The number of benzene rings is 2. The predicted octanol–water partition coefficient (Wildman–Crippen LogP) is 4.46. The third-order valence-electron chi connectivity index (χ3n) is 3.91. The van der Waals surface area contributed by atoms with E-state index >= 15 is 0 Å². The summed E-state index contributed by atoms with van der Waals surface area (Å²) in [5, 5.41) is 4.49. The van der Waals surface area contributed by atoms with Gasteiger partial charge in [-0.05, 0) is 69.4 Å². The van der Waals surface area contributed by atoms with E-state index in [1.807, 2.05) is 51.2 Å². The van der Waals surface area contributed by atoms with Crippen molar-refractivity contribution in [3.8, 4) is 16.9 Å². The van der Waals surface area contributed by atoms with Gasteiger partial charge in [-0.15, -0.1) is 0 Å². The summed E-state index contributed by atoms with van der Waals surface area (Å²) in [5.74, 6) is -1.85. The van der Waals surface area contributed by atoms with Crippen LogP contribution in [0.1, 0.15) is 20.8 Å². The van der Waals surface area contributed by atoms with E-state index < -0.39 is 11.9 Å². The molecule has 0 spiro atoms.